The Morgan fingerprint density at radius 3 is 1.22 bits per heavy atom. The van der Waals surface area contributed by atoms with Crippen molar-refractivity contribution < 1.29 is 0 Å². The lowest BCUT2D eigenvalue weighted by molar-refractivity contribution is 0.399. The summed E-state index contributed by atoms with van der Waals surface area (Å²) >= 11 is 0. The predicted octanol–water partition coefficient (Wildman–Crippen LogP) is 8.60. The Kier molecular flexibility index (Phi) is 6.50. The average Bonchev–Trinajstić information content (AvgIpc) is 2.32. The standard InChI is InChI=1S/C27H48/c1-17(2)20-19(16-24(4,5)6)23(27(13,14)15)22(26(10,11)12)18(3)21(20)25(7,8)9/h17H,16H2,1-15H3. The molecule has 156 valence electrons. The molecule has 0 amide bonds. The molecule has 0 spiro atoms. The molecule has 1 rings (SSSR count). The smallest absolute Gasteiger partial charge is 0.0126 e. The molecule has 1 aromatic rings. The molecule has 0 aliphatic heterocycles. The lowest BCUT2D eigenvalue weighted by Gasteiger charge is -2.41. The van der Waals surface area contributed by atoms with Crippen LogP contribution in [0.5, 0.6) is 0 Å². The van der Waals surface area contributed by atoms with Crippen molar-refractivity contribution >= 4 is 0 Å². The third-order valence-corrected chi connectivity index (χ3v) is 5.43. The molecule has 0 nitrogen and oxygen atoms in total. The van der Waals surface area contributed by atoms with Crippen molar-refractivity contribution in [1.82, 2.24) is 0 Å². The van der Waals surface area contributed by atoms with Crippen LogP contribution in [-0.4, -0.2) is 0 Å². The van der Waals surface area contributed by atoms with Gasteiger partial charge in [-0.3, -0.25) is 0 Å². The molecule has 0 aromatic heterocycles. The summed E-state index contributed by atoms with van der Waals surface area (Å²) in [4.78, 5) is 0. The normalized spacial score (nSPS) is 14.2. The first kappa shape index (κ1) is 24.3. The van der Waals surface area contributed by atoms with Crippen LogP contribution in [0.4, 0.5) is 0 Å². The van der Waals surface area contributed by atoms with Gasteiger partial charge in [0.2, 0.25) is 0 Å². The molecule has 27 heavy (non-hydrogen) atoms. The minimum Gasteiger partial charge on any atom is -0.0599 e. The van der Waals surface area contributed by atoms with Crippen molar-refractivity contribution in [2.45, 2.75) is 132 Å². The van der Waals surface area contributed by atoms with Gasteiger partial charge in [0.1, 0.15) is 0 Å². The molecule has 0 saturated carbocycles. The number of hydrogen-bond donors (Lipinski definition) is 0. The van der Waals surface area contributed by atoms with Crippen LogP contribution in [-0.2, 0) is 22.7 Å². The van der Waals surface area contributed by atoms with E-state index in [1.54, 1.807) is 27.8 Å². The highest BCUT2D eigenvalue weighted by atomic mass is 14.4. The Balaban J connectivity index is 4.36. The first-order valence-corrected chi connectivity index (χ1v) is 10.9. The fraction of sp³-hybridized carbons (Fsp3) is 0.778. The van der Waals surface area contributed by atoms with Gasteiger partial charge in [0.05, 0.1) is 0 Å². The van der Waals surface area contributed by atoms with E-state index in [4.69, 9.17) is 0 Å². The van der Waals surface area contributed by atoms with E-state index in [1.165, 1.54) is 5.56 Å². The van der Waals surface area contributed by atoms with E-state index in [0.29, 0.717) is 5.92 Å². The molecule has 0 aliphatic rings. The van der Waals surface area contributed by atoms with E-state index < -0.39 is 0 Å². The van der Waals surface area contributed by atoms with Crippen molar-refractivity contribution in [2.24, 2.45) is 5.41 Å². The Hall–Kier alpha value is -0.780. The summed E-state index contributed by atoms with van der Waals surface area (Å²) in [5.41, 5.74) is 10.2. The summed E-state index contributed by atoms with van der Waals surface area (Å²) in [7, 11) is 0. The molecule has 1 aromatic carbocycles. The molecule has 0 unspecified atom stereocenters. The van der Waals surface area contributed by atoms with E-state index in [-0.39, 0.29) is 21.7 Å². The predicted molar refractivity (Wildman–Crippen MR) is 125 cm³/mol. The Bertz CT molecular complexity index is 671. The lowest BCUT2D eigenvalue weighted by Crippen LogP contribution is -2.31. The Labute approximate surface area is 171 Å². The van der Waals surface area contributed by atoms with Gasteiger partial charge in [-0.25, -0.2) is 0 Å². The minimum atomic E-state index is 0.133. The monoisotopic (exact) mass is 372 g/mol. The SMILES string of the molecule is Cc1c(C(C)(C)C)c(C(C)C)c(CC(C)(C)C)c(C(C)(C)C)c1C(C)(C)C. The Morgan fingerprint density at radius 2 is 0.963 bits per heavy atom. The van der Waals surface area contributed by atoms with Crippen LogP contribution in [0.3, 0.4) is 0 Å². The summed E-state index contributed by atoms with van der Waals surface area (Å²) in [6, 6.07) is 0. The zero-order chi connectivity index (χ0) is 21.7. The van der Waals surface area contributed by atoms with Crippen molar-refractivity contribution in [3.63, 3.8) is 0 Å². The quantitative estimate of drug-likeness (QED) is 0.487. The van der Waals surface area contributed by atoms with Gasteiger partial charge in [0.15, 0.2) is 0 Å². The van der Waals surface area contributed by atoms with Gasteiger partial charge >= 0.3 is 0 Å². The van der Waals surface area contributed by atoms with Crippen molar-refractivity contribution in [3.8, 4) is 0 Å². The van der Waals surface area contributed by atoms with E-state index in [9.17, 15) is 0 Å². The van der Waals surface area contributed by atoms with Crippen LogP contribution in [0.1, 0.15) is 136 Å². The number of benzene rings is 1. The third-order valence-electron chi connectivity index (χ3n) is 5.43. The molecular formula is C27H48. The molecule has 0 fully saturated rings. The first-order chi connectivity index (χ1) is 11.7. The fourth-order valence-corrected chi connectivity index (χ4v) is 5.03. The van der Waals surface area contributed by atoms with Crippen molar-refractivity contribution in [2.75, 3.05) is 0 Å². The molecule has 0 bridgehead atoms. The topological polar surface area (TPSA) is 0 Å². The average molecular weight is 373 g/mol. The molecule has 0 atom stereocenters. The van der Waals surface area contributed by atoms with Gasteiger partial charge in [0, 0.05) is 0 Å². The number of rotatable bonds is 2. The first-order valence-electron chi connectivity index (χ1n) is 10.9. The molecule has 0 saturated heterocycles. The zero-order valence-corrected chi connectivity index (χ0v) is 21.3. The van der Waals surface area contributed by atoms with Gasteiger partial charge < -0.3 is 0 Å². The van der Waals surface area contributed by atoms with E-state index in [0.717, 1.165) is 6.42 Å². The van der Waals surface area contributed by atoms with Crippen molar-refractivity contribution in [1.29, 1.82) is 0 Å². The zero-order valence-electron chi connectivity index (χ0n) is 21.3. The summed E-state index contributed by atoms with van der Waals surface area (Å²) < 4.78 is 0. The highest BCUT2D eigenvalue weighted by Crippen LogP contribution is 2.48. The van der Waals surface area contributed by atoms with Gasteiger partial charge in [0.25, 0.3) is 0 Å². The molecule has 0 heteroatoms. The van der Waals surface area contributed by atoms with Gasteiger partial charge in [-0.05, 0) is 74.3 Å². The molecular weight excluding hydrogens is 324 g/mol. The summed E-state index contributed by atoms with van der Waals surface area (Å²) in [5.74, 6) is 0.533. The maximum absolute atomic E-state index is 2.41. The van der Waals surface area contributed by atoms with Crippen LogP contribution >= 0.6 is 0 Å². The second-order valence-electron chi connectivity index (χ2n) is 13.3. The maximum Gasteiger partial charge on any atom is -0.0126 e. The van der Waals surface area contributed by atoms with E-state index in [2.05, 4.69) is 104 Å². The largest absolute Gasteiger partial charge is 0.0599 e. The summed E-state index contributed by atoms with van der Waals surface area (Å²) in [6.45, 7) is 35.9. The molecule has 0 radical (unpaired) electrons. The van der Waals surface area contributed by atoms with Crippen LogP contribution in [0, 0.1) is 12.3 Å². The molecule has 0 heterocycles. The van der Waals surface area contributed by atoms with Crippen LogP contribution in [0.2, 0.25) is 0 Å². The fourth-order valence-electron chi connectivity index (χ4n) is 5.03. The number of hydrogen-bond acceptors (Lipinski definition) is 0. The third kappa shape index (κ3) is 5.39. The van der Waals surface area contributed by atoms with E-state index >= 15 is 0 Å². The lowest BCUT2D eigenvalue weighted by atomic mass is 9.63. The van der Waals surface area contributed by atoms with Gasteiger partial charge in [-0.15, -0.1) is 0 Å². The minimum absolute atomic E-state index is 0.133. The summed E-state index contributed by atoms with van der Waals surface area (Å²) in [5, 5.41) is 0. The van der Waals surface area contributed by atoms with Gasteiger partial charge in [-0.2, -0.15) is 0 Å². The highest BCUT2D eigenvalue weighted by molar-refractivity contribution is 5.59. The highest BCUT2D eigenvalue weighted by Gasteiger charge is 2.37. The second-order valence-corrected chi connectivity index (χ2v) is 13.3. The van der Waals surface area contributed by atoms with Crippen LogP contribution in [0.25, 0.3) is 0 Å². The molecule has 0 aliphatic carbocycles. The van der Waals surface area contributed by atoms with Crippen LogP contribution < -0.4 is 0 Å². The Morgan fingerprint density at radius 1 is 0.593 bits per heavy atom. The van der Waals surface area contributed by atoms with Crippen molar-refractivity contribution in [3.05, 3.63) is 33.4 Å². The molecule has 0 N–H and O–H groups in total. The second kappa shape index (κ2) is 7.23. The summed E-state index contributed by atoms with van der Waals surface area (Å²) in [6.07, 6.45) is 1.14. The van der Waals surface area contributed by atoms with Gasteiger partial charge in [-0.1, -0.05) is 96.9 Å². The van der Waals surface area contributed by atoms with Crippen LogP contribution in [0.15, 0.2) is 0 Å². The maximum atomic E-state index is 2.41. The van der Waals surface area contributed by atoms with E-state index in [1.807, 2.05) is 0 Å².